The molecule has 1 aromatic rings. The van der Waals surface area contributed by atoms with Gasteiger partial charge in [0.15, 0.2) is 12.1 Å². The molecule has 5 heteroatoms. The van der Waals surface area contributed by atoms with Gasteiger partial charge in [0.1, 0.15) is 0 Å². The van der Waals surface area contributed by atoms with Crippen molar-refractivity contribution in [3.05, 3.63) is 34.4 Å². The molecule has 1 heterocycles. The van der Waals surface area contributed by atoms with Gasteiger partial charge in [-0.3, -0.25) is 9.59 Å². The molecular weight excluding hydrogens is 224 g/mol. The Hall–Kier alpha value is -2.30. The van der Waals surface area contributed by atoms with E-state index in [1.54, 1.807) is 6.92 Å². The van der Waals surface area contributed by atoms with E-state index in [1.807, 2.05) is 0 Å². The van der Waals surface area contributed by atoms with E-state index in [2.05, 4.69) is 4.74 Å². The Morgan fingerprint density at radius 1 is 1.24 bits per heavy atom. The maximum Gasteiger partial charge on any atom is 0.346 e. The monoisotopic (exact) mass is 232 g/mol. The van der Waals surface area contributed by atoms with Gasteiger partial charge in [0.05, 0.1) is 11.1 Å². The molecule has 1 aromatic carbocycles. The number of hydrogen-bond acceptors (Lipinski definition) is 5. The molecule has 0 aromatic heterocycles. The molecule has 2 rings (SSSR count). The van der Waals surface area contributed by atoms with E-state index in [0.717, 1.165) is 0 Å². The Labute approximate surface area is 96.4 Å². The van der Waals surface area contributed by atoms with Gasteiger partial charge in [0, 0.05) is 17.5 Å². The maximum absolute atomic E-state index is 11.6. The summed E-state index contributed by atoms with van der Waals surface area (Å²) in [6.45, 7) is 1.65. The van der Waals surface area contributed by atoms with Gasteiger partial charge in [-0.25, -0.2) is 9.59 Å². The normalized spacial score (nSPS) is 13.2. The fourth-order valence-electron chi connectivity index (χ4n) is 1.68. The van der Waals surface area contributed by atoms with Gasteiger partial charge in [-0.2, -0.15) is 0 Å². The number of hydrogen-bond donors (Lipinski definition) is 0. The standard InChI is InChI=1S/C12H8O5/c1-2-10(14)7-4-9-8(3-6(7)5-13)11(15)17-12(9)16/h3-5H,2H2,1H3. The molecule has 0 N–H and O–H groups in total. The molecule has 86 valence electrons. The fraction of sp³-hybridized carbons (Fsp3) is 0.167. The van der Waals surface area contributed by atoms with Crippen molar-refractivity contribution >= 4 is 24.0 Å². The first kappa shape index (κ1) is 11.2. The number of Topliss-reactive ketones (excluding diaryl/α,β-unsaturated/α-hetero) is 1. The van der Waals surface area contributed by atoms with Crippen molar-refractivity contribution in [2.75, 3.05) is 0 Å². The molecule has 0 atom stereocenters. The third-order valence-electron chi connectivity index (χ3n) is 2.56. The largest absolute Gasteiger partial charge is 0.386 e. The van der Waals surface area contributed by atoms with Gasteiger partial charge in [0.2, 0.25) is 0 Å². The second-order valence-corrected chi connectivity index (χ2v) is 3.56. The fourth-order valence-corrected chi connectivity index (χ4v) is 1.68. The molecule has 17 heavy (non-hydrogen) atoms. The summed E-state index contributed by atoms with van der Waals surface area (Å²) in [6.07, 6.45) is 0.696. The Morgan fingerprint density at radius 3 is 2.35 bits per heavy atom. The first-order valence-electron chi connectivity index (χ1n) is 5.01. The third kappa shape index (κ3) is 1.65. The second-order valence-electron chi connectivity index (χ2n) is 3.56. The molecule has 1 aliphatic rings. The van der Waals surface area contributed by atoms with Crippen molar-refractivity contribution in [3.8, 4) is 0 Å². The molecular formula is C12H8O5. The number of cyclic esters (lactones) is 2. The summed E-state index contributed by atoms with van der Waals surface area (Å²) in [7, 11) is 0. The van der Waals surface area contributed by atoms with Gasteiger partial charge in [-0.15, -0.1) is 0 Å². The molecule has 0 fully saturated rings. The van der Waals surface area contributed by atoms with E-state index in [0.29, 0.717) is 6.29 Å². The summed E-state index contributed by atoms with van der Waals surface area (Å²) in [4.78, 5) is 45.0. The van der Waals surface area contributed by atoms with Gasteiger partial charge in [0.25, 0.3) is 0 Å². The highest BCUT2D eigenvalue weighted by Gasteiger charge is 2.31. The number of fused-ring (bicyclic) bond motifs is 1. The third-order valence-corrected chi connectivity index (χ3v) is 2.56. The second kappa shape index (κ2) is 3.93. The lowest BCUT2D eigenvalue weighted by molar-refractivity contribution is 0.0443. The zero-order valence-electron chi connectivity index (χ0n) is 8.98. The molecule has 0 aliphatic carbocycles. The van der Waals surface area contributed by atoms with Crippen LogP contribution in [-0.2, 0) is 4.74 Å². The van der Waals surface area contributed by atoms with Crippen molar-refractivity contribution in [2.24, 2.45) is 0 Å². The van der Waals surface area contributed by atoms with E-state index in [9.17, 15) is 19.2 Å². The molecule has 0 saturated heterocycles. The average Bonchev–Trinajstić information content (AvgIpc) is 2.62. The molecule has 0 saturated carbocycles. The van der Waals surface area contributed by atoms with Gasteiger partial charge >= 0.3 is 11.9 Å². The summed E-state index contributed by atoms with van der Waals surface area (Å²) in [5.41, 5.74) is 0.317. The maximum atomic E-state index is 11.6. The lowest BCUT2D eigenvalue weighted by Gasteiger charge is -2.03. The molecule has 1 aliphatic heterocycles. The zero-order valence-corrected chi connectivity index (χ0v) is 8.98. The van der Waals surface area contributed by atoms with Crippen molar-refractivity contribution in [1.29, 1.82) is 0 Å². The SMILES string of the molecule is CCC(=O)c1cc2c(cc1C=O)C(=O)OC2=O. The van der Waals surface area contributed by atoms with Crippen molar-refractivity contribution in [2.45, 2.75) is 13.3 Å². The Morgan fingerprint density at radius 2 is 1.82 bits per heavy atom. The van der Waals surface area contributed by atoms with Crippen LogP contribution in [0.4, 0.5) is 0 Å². The van der Waals surface area contributed by atoms with Crippen LogP contribution in [-0.4, -0.2) is 24.0 Å². The van der Waals surface area contributed by atoms with E-state index < -0.39 is 11.9 Å². The van der Waals surface area contributed by atoms with E-state index in [-0.39, 0.29) is 34.5 Å². The predicted octanol–water partition coefficient (Wildman–Crippen LogP) is 1.40. The minimum Gasteiger partial charge on any atom is -0.386 e. The first-order valence-corrected chi connectivity index (χ1v) is 5.01. The molecule has 5 nitrogen and oxygen atoms in total. The minimum absolute atomic E-state index is 0.0322. The average molecular weight is 232 g/mol. The number of esters is 2. The molecule has 0 bridgehead atoms. The minimum atomic E-state index is -0.788. The zero-order chi connectivity index (χ0) is 12.6. The van der Waals surface area contributed by atoms with Crippen LogP contribution in [0.15, 0.2) is 12.1 Å². The van der Waals surface area contributed by atoms with E-state index in [4.69, 9.17) is 0 Å². The van der Waals surface area contributed by atoms with Crippen LogP contribution in [0.2, 0.25) is 0 Å². The molecule has 0 amide bonds. The van der Waals surface area contributed by atoms with Crippen LogP contribution in [0.3, 0.4) is 0 Å². The number of ether oxygens (including phenoxy) is 1. The molecule has 0 radical (unpaired) electrons. The lowest BCUT2D eigenvalue weighted by Crippen LogP contribution is -2.05. The summed E-state index contributed by atoms with van der Waals surface area (Å²) >= 11 is 0. The van der Waals surface area contributed by atoms with Crippen molar-refractivity contribution in [1.82, 2.24) is 0 Å². The Bertz CT molecular complexity index is 556. The molecule has 0 spiro atoms. The smallest absolute Gasteiger partial charge is 0.346 e. The van der Waals surface area contributed by atoms with Crippen LogP contribution in [0, 0.1) is 0 Å². The van der Waals surface area contributed by atoms with Gasteiger partial charge in [-0.1, -0.05) is 6.92 Å². The highest BCUT2D eigenvalue weighted by molar-refractivity contribution is 6.17. The predicted molar refractivity (Wildman–Crippen MR) is 56.2 cm³/mol. The van der Waals surface area contributed by atoms with Crippen molar-refractivity contribution in [3.63, 3.8) is 0 Å². The van der Waals surface area contributed by atoms with E-state index in [1.165, 1.54) is 12.1 Å². The number of ketones is 1. The number of aldehydes is 1. The quantitative estimate of drug-likeness (QED) is 0.340. The summed E-state index contributed by atoms with van der Waals surface area (Å²) in [5.74, 6) is -1.83. The topological polar surface area (TPSA) is 77.5 Å². The number of rotatable bonds is 3. The Kier molecular flexibility index (Phi) is 2.59. The highest BCUT2D eigenvalue weighted by Crippen LogP contribution is 2.24. The Balaban J connectivity index is 2.68. The number of benzene rings is 1. The number of carbonyl (C=O) groups excluding carboxylic acids is 4. The van der Waals surface area contributed by atoms with Gasteiger partial charge < -0.3 is 4.74 Å². The van der Waals surface area contributed by atoms with Gasteiger partial charge in [-0.05, 0) is 12.1 Å². The van der Waals surface area contributed by atoms with Crippen LogP contribution >= 0.6 is 0 Å². The summed E-state index contributed by atoms with van der Waals surface area (Å²) < 4.78 is 4.39. The summed E-state index contributed by atoms with van der Waals surface area (Å²) in [6, 6.07) is 2.47. The van der Waals surface area contributed by atoms with Crippen LogP contribution in [0.5, 0.6) is 0 Å². The number of carbonyl (C=O) groups is 4. The molecule has 0 unspecified atom stereocenters. The van der Waals surface area contributed by atoms with Crippen LogP contribution in [0.1, 0.15) is 54.8 Å². The lowest BCUT2D eigenvalue weighted by atomic mass is 9.96. The van der Waals surface area contributed by atoms with Crippen LogP contribution in [0.25, 0.3) is 0 Å². The first-order chi connectivity index (χ1) is 8.08. The summed E-state index contributed by atoms with van der Waals surface area (Å²) in [5, 5.41) is 0. The van der Waals surface area contributed by atoms with E-state index >= 15 is 0 Å². The highest BCUT2D eigenvalue weighted by atomic mass is 16.6. The van der Waals surface area contributed by atoms with Crippen molar-refractivity contribution < 1.29 is 23.9 Å². The van der Waals surface area contributed by atoms with Crippen LogP contribution < -0.4 is 0 Å².